The second kappa shape index (κ2) is 7.30. The van der Waals surface area contributed by atoms with Gasteiger partial charge in [-0.05, 0) is 38.7 Å². The fourth-order valence-corrected chi connectivity index (χ4v) is 2.96. The van der Waals surface area contributed by atoms with Crippen LogP contribution < -0.4 is 0 Å². The molecule has 0 radical (unpaired) electrons. The summed E-state index contributed by atoms with van der Waals surface area (Å²) >= 11 is 0. The molecule has 0 aromatic carbocycles. The van der Waals surface area contributed by atoms with Crippen LogP contribution in [0.5, 0.6) is 0 Å². The zero-order valence-corrected chi connectivity index (χ0v) is 13.1. The van der Waals surface area contributed by atoms with E-state index in [2.05, 4.69) is 4.98 Å². The van der Waals surface area contributed by atoms with Crippen molar-refractivity contribution in [2.75, 3.05) is 6.61 Å². The van der Waals surface area contributed by atoms with Crippen molar-refractivity contribution in [3.8, 4) is 0 Å². The number of aromatic nitrogens is 1. The van der Waals surface area contributed by atoms with Crippen molar-refractivity contribution >= 4 is 17.4 Å². The number of hydrogen-bond donors (Lipinski definition) is 0. The van der Waals surface area contributed by atoms with Crippen LogP contribution in [0.15, 0.2) is 18.3 Å². The molecule has 0 amide bonds. The number of carbonyl (C=O) groups excluding carboxylic acids is 2. The van der Waals surface area contributed by atoms with E-state index in [-0.39, 0.29) is 18.1 Å². The molecule has 1 aromatic rings. The van der Waals surface area contributed by atoms with Gasteiger partial charge in [-0.1, -0.05) is 6.42 Å². The summed E-state index contributed by atoms with van der Waals surface area (Å²) < 4.78 is 5.12. The van der Waals surface area contributed by atoms with Crippen LogP contribution in [0.25, 0.3) is 0 Å². The Bertz CT molecular complexity index is 599. The molecular formula is C16H20N2O5. The van der Waals surface area contributed by atoms with E-state index in [0.717, 1.165) is 12.8 Å². The Kier molecular flexibility index (Phi) is 5.41. The lowest BCUT2D eigenvalue weighted by molar-refractivity contribution is -0.385. The van der Waals surface area contributed by atoms with E-state index in [4.69, 9.17) is 4.74 Å². The number of pyridine rings is 1. The number of ether oxygens (including phenoxy) is 1. The van der Waals surface area contributed by atoms with Crippen molar-refractivity contribution in [2.24, 2.45) is 5.41 Å². The van der Waals surface area contributed by atoms with Gasteiger partial charge in [0.05, 0.1) is 11.5 Å². The van der Waals surface area contributed by atoms with Gasteiger partial charge in [-0.3, -0.25) is 24.7 Å². The number of Topliss-reactive ketones (excluding diaryl/α,β-unsaturated/α-hetero) is 1. The molecule has 7 nitrogen and oxygen atoms in total. The minimum Gasteiger partial charge on any atom is -0.465 e. The van der Waals surface area contributed by atoms with Crippen molar-refractivity contribution in [3.05, 3.63) is 34.1 Å². The fraction of sp³-hybridized carbons (Fsp3) is 0.562. The van der Waals surface area contributed by atoms with Gasteiger partial charge in [0.15, 0.2) is 0 Å². The third-order valence-corrected chi connectivity index (χ3v) is 4.29. The highest BCUT2D eigenvalue weighted by atomic mass is 16.6. The molecule has 0 aliphatic heterocycles. The van der Waals surface area contributed by atoms with Gasteiger partial charge in [-0.2, -0.15) is 0 Å². The molecule has 2 rings (SSSR count). The first-order valence-electron chi connectivity index (χ1n) is 7.79. The van der Waals surface area contributed by atoms with Gasteiger partial charge in [0, 0.05) is 18.2 Å². The Labute approximate surface area is 134 Å². The molecule has 0 N–H and O–H groups in total. The molecule has 1 aromatic heterocycles. The summed E-state index contributed by atoms with van der Waals surface area (Å²) in [5, 5.41) is 10.6. The zero-order chi connectivity index (χ0) is 16.9. The number of aryl methyl sites for hydroxylation is 1. The summed E-state index contributed by atoms with van der Waals surface area (Å²) in [5.41, 5.74) is -0.544. The first-order chi connectivity index (χ1) is 11.0. The van der Waals surface area contributed by atoms with Gasteiger partial charge in [0.25, 0.3) is 5.69 Å². The SMILES string of the molecule is CCOC(=O)[C@@]1(CCc2ccc([N+](=O)[O-])cn2)CCCCC1=O. The highest BCUT2D eigenvalue weighted by Gasteiger charge is 2.47. The van der Waals surface area contributed by atoms with Crippen LogP contribution in [0.4, 0.5) is 5.69 Å². The molecule has 0 bridgehead atoms. The maximum absolute atomic E-state index is 12.4. The van der Waals surface area contributed by atoms with E-state index in [1.165, 1.54) is 12.3 Å². The Hall–Kier alpha value is -2.31. The Morgan fingerprint density at radius 1 is 1.43 bits per heavy atom. The number of rotatable bonds is 6. The Morgan fingerprint density at radius 2 is 2.22 bits per heavy atom. The van der Waals surface area contributed by atoms with Crippen LogP contribution in [-0.2, 0) is 20.7 Å². The van der Waals surface area contributed by atoms with E-state index < -0.39 is 16.3 Å². The van der Waals surface area contributed by atoms with Crippen molar-refractivity contribution in [1.82, 2.24) is 4.98 Å². The topological polar surface area (TPSA) is 99.4 Å². The highest BCUT2D eigenvalue weighted by molar-refractivity contribution is 6.04. The van der Waals surface area contributed by atoms with Gasteiger partial charge in [-0.15, -0.1) is 0 Å². The molecule has 1 saturated carbocycles. The predicted octanol–water partition coefficient (Wildman–Crippen LogP) is 2.62. The first kappa shape index (κ1) is 17.1. The molecular weight excluding hydrogens is 300 g/mol. The second-order valence-corrected chi connectivity index (χ2v) is 5.70. The number of nitro groups is 1. The largest absolute Gasteiger partial charge is 0.465 e. The standard InChI is InChI=1S/C16H20N2O5/c1-2-23-15(20)16(9-4-3-5-14(16)19)10-8-12-6-7-13(11-17-12)18(21)22/h6-7,11H,2-5,8-10H2,1H3/t16-/m1/s1. The van der Waals surface area contributed by atoms with Crippen molar-refractivity contribution in [1.29, 1.82) is 0 Å². The molecule has 1 fully saturated rings. The van der Waals surface area contributed by atoms with E-state index in [1.807, 2.05) is 0 Å². The minimum absolute atomic E-state index is 0.0656. The zero-order valence-electron chi connectivity index (χ0n) is 13.1. The van der Waals surface area contributed by atoms with Crippen LogP contribution in [0.3, 0.4) is 0 Å². The number of carbonyl (C=O) groups is 2. The van der Waals surface area contributed by atoms with Crippen LogP contribution in [0, 0.1) is 15.5 Å². The van der Waals surface area contributed by atoms with Crippen molar-refractivity contribution in [2.45, 2.75) is 45.4 Å². The number of ketones is 1. The van der Waals surface area contributed by atoms with Crippen molar-refractivity contribution in [3.63, 3.8) is 0 Å². The Morgan fingerprint density at radius 3 is 2.78 bits per heavy atom. The number of esters is 1. The molecule has 0 saturated heterocycles. The molecule has 1 atom stereocenters. The predicted molar refractivity (Wildman–Crippen MR) is 81.8 cm³/mol. The van der Waals surface area contributed by atoms with Crippen molar-refractivity contribution < 1.29 is 19.2 Å². The molecule has 1 heterocycles. The first-order valence-corrected chi connectivity index (χ1v) is 7.79. The second-order valence-electron chi connectivity index (χ2n) is 5.70. The average molecular weight is 320 g/mol. The minimum atomic E-state index is -1.09. The summed E-state index contributed by atoms with van der Waals surface area (Å²) in [7, 11) is 0. The van der Waals surface area contributed by atoms with E-state index >= 15 is 0 Å². The number of hydrogen-bond acceptors (Lipinski definition) is 6. The summed E-state index contributed by atoms with van der Waals surface area (Å²) in [6, 6.07) is 2.94. The molecule has 23 heavy (non-hydrogen) atoms. The Balaban J connectivity index is 2.13. The molecule has 0 spiro atoms. The highest BCUT2D eigenvalue weighted by Crippen LogP contribution is 2.38. The lowest BCUT2D eigenvalue weighted by atomic mass is 9.70. The lowest BCUT2D eigenvalue weighted by Crippen LogP contribution is -2.43. The molecule has 1 aliphatic carbocycles. The summed E-state index contributed by atoms with van der Waals surface area (Å²) in [4.78, 5) is 38.9. The molecule has 1 aliphatic rings. The van der Waals surface area contributed by atoms with Crippen LogP contribution in [0.2, 0.25) is 0 Å². The summed E-state index contributed by atoms with van der Waals surface area (Å²) in [5.74, 6) is -0.518. The van der Waals surface area contributed by atoms with Gasteiger partial charge in [0.1, 0.15) is 17.4 Å². The maximum Gasteiger partial charge on any atom is 0.319 e. The van der Waals surface area contributed by atoms with Gasteiger partial charge < -0.3 is 4.74 Å². The number of nitrogens with zero attached hydrogens (tertiary/aromatic N) is 2. The van der Waals surface area contributed by atoms with E-state index in [1.54, 1.807) is 13.0 Å². The summed E-state index contributed by atoms with van der Waals surface area (Å²) in [6.07, 6.45) is 4.44. The summed E-state index contributed by atoms with van der Waals surface area (Å²) in [6.45, 7) is 1.96. The lowest BCUT2D eigenvalue weighted by Gasteiger charge is -2.33. The smallest absolute Gasteiger partial charge is 0.319 e. The van der Waals surface area contributed by atoms with Crippen LogP contribution in [0.1, 0.15) is 44.7 Å². The van der Waals surface area contributed by atoms with Crippen LogP contribution in [-0.4, -0.2) is 28.3 Å². The molecule has 124 valence electrons. The van der Waals surface area contributed by atoms with Gasteiger partial charge >= 0.3 is 5.97 Å². The molecule has 0 unspecified atom stereocenters. The monoisotopic (exact) mass is 320 g/mol. The van der Waals surface area contributed by atoms with Gasteiger partial charge in [-0.25, -0.2) is 0 Å². The normalized spacial score (nSPS) is 21.0. The third kappa shape index (κ3) is 3.72. The van der Waals surface area contributed by atoms with Crippen LogP contribution >= 0.6 is 0 Å². The average Bonchev–Trinajstić information content (AvgIpc) is 2.55. The quantitative estimate of drug-likeness (QED) is 0.346. The fourth-order valence-electron chi connectivity index (χ4n) is 2.96. The van der Waals surface area contributed by atoms with E-state index in [9.17, 15) is 19.7 Å². The maximum atomic E-state index is 12.4. The van der Waals surface area contributed by atoms with Gasteiger partial charge in [0.2, 0.25) is 0 Å². The third-order valence-electron chi connectivity index (χ3n) is 4.29. The van der Waals surface area contributed by atoms with E-state index in [0.29, 0.717) is 31.4 Å². The molecule has 7 heteroatoms.